The fourth-order valence-corrected chi connectivity index (χ4v) is 3.46. The number of sulfonamides is 1. The largest absolute Gasteiger partial charge is 0.481 e. The summed E-state index contributed by atoms with van der Waals surface area (Å²) in [6.45, 7) is 2.40. The second-order valence-corrected chi connectivity index (χ2v) is 6.81. The van der Waals surface area contributed by atoms with Crippen molar-refractivity contribution in [3.05, 3.63) is 0 Å². The second kappa shape index (κ2) is 6.85. The summed E-state index contributed by atoms with van der Waals surface area (Å²) in [6.07, 6.45) is 1.08. The third kappa shape index (κ3) is 5.56. The number of rotatable bonds is 7. The third-order valence-electron chi connectivity index (χ3n) is 2.99. The van der Waals surface area contributed by atoms with Gasteiger partial charge in [-0.25, -0.2) is 12.7 Å². The summed E-state index contributed by atoms with van der Waals surface area (Å²) in [5, 5.41) is 11.2. The Balaban J connectivity index is 2.26. The molecule has 1 amide bonds. The SMILES string of the molecule is CC(CCC(=O)O)NC(=O)CCN1CCCS1(=O)=O. The van der Waals surface area contributed by atoms with Crippen molar-refractivity contribution in [1.82, 2.24) is 9.62 Å². The van der Waals surface area contributed by atoms with Gasteiger partial charge in [0.2, 0.25) is 15.9 Å². The summed E-state index contributed by atoms with van der Waals surface area (Å²) in [6, 6.07) is -0.223. The molecule has 0 saturated carbocycles. The van der Waals surface area contributed by atoms with Crippen LogP contribution in [0.3, 0.4) is 0 Å². The fraction of sp³-hybridized carbons (Fsp3) is 0.818. The van der Waals surface area contributed by atoms with Crippen LogP contribution in [-0.4, -0.2) is 54.6 Å². The van der Waals surface area contributed by atoms with E-state index in [1.165, 1.54) is 4.31 Å². The minimum atomic E-state index is -3.16. The molecule has 1 unspecified atom stereocenters. The summed E-state index contributed by atoms with van der Waals surface area (Å²) < 4.78 is 24.3. The van der Waals surface area contributed by atoms with Gasteiger partial charge in [-0.05, 0) is 19.8 Å². The van der Waals surface area contributed by atoms with Crippen LogP contribution < -0.4 is 5.32 Å². The van der Waals surface area contributed by atoms with E-state index in [-0.39, 0.29) is 37.1 Å². The number of carboxylic acid groups (broad SMARTS) is 1. The highest BCUT2D eigenvalue weighted by Gasteiger charge is 2.28. The van der Waals surface area contributed by atoms with E-state index in [1.807, 2.05) is 0 Å². The van der Waals surface area contributed by atoms with Gasteiger partial charge in [0.25, 0.3) is 0 Å². The number of nitrogens with zero attached hydrogens (tertiary/aromatic N) is 1. The highest BCUT2D eigenvalue weighted by atomic mass is 32.2. The fourth-order valence-electron chi connectivity index (χ4n) is 1.93. The molecule has 8 heteroatoms. The number of carbonyl (C=O) groups is 2. The molecule has 0 spiro atoms. The highest BCUT2D eigenvalue weighted by molar-refractivity contribution is 7.89. The predicted molar refractivity (Wildman–Crippen MR) is 69.1 cm³/mol. The molecule has 0 aliphatic carbocycles. The molecule has 0 aromatic rings. The molecule has 1 heterocycles. The van der Waals surface area contributed by atoms with E-state index in [0.29, 0.717) is 19.4 Å². The van der Waals surface area contributed by atoms with E-state index in [1.54, 1.807) is 6.92 Å². The molecule has 1 aliphatic heterocycles. The molecular formula is C11H20N2O5S. The average molecular weight is 292 g/mol. The summed E-state index contributed by atoms with van der Waals surface area (Å²) in [5.74, 6) is -0.992. The van der Waals surface area contributed by atoms with Crippen molar-refractivity contribution in [3.63, 3.8) is 0 Å². The lowest BCUT2D eigenvalue weighted by atomic mass is 10.2. The molecule has 1 aliphatic rings. The van der Waals surface area contributed by atoms with Gasteiger partial charge in [-0.3, -0.25) is 9.59 Å². The summed E-state index contributed by atoms with van der Waals surface area (Å²) in [4.78, 5) is 22.0. The number of hydrogen-bond donors (Lipinski definition) is 2. The third-order valence-corrected chi connectivity index (χ3v) is 4.95. The zero-order valence-electron chi connectivity index (χ0n) is 11.0. The number of carbonyl (C=O) groups excluding carboxylic acids is 1. The molecule has 1 atom stereocenters. The molecule has 1 saturated heterocycles. The van der Waals surface area contributed by atoms with Crippen LogP contribution in [0.15, 0.2) is 0 Å². The number of aliphatic carboxylic acids is 1. The van der Waals surface area contributed by atoms with Crippen molar-refractivity contribution in [2.75, 3.05) is 18.8 Å². The Hall–Kier alpha value is -1.15. The van der Waals surface area contributed by atoms with Gasteiger partial charge in [-0.2, -0.15) is 0 Å². The van der Waals surface area contributed by atoms with Crippen LogP contribution >= 0.6 is 0 Å². The first-order valence-corrected chi connectivity index (χ1v) is 7.91. The summed E-state index contributed by atoms with van der Waals surface area (Å²) in [7, 11) is -3.16. The monoisotopic (exact) mass is 292 g/mol. The zero-order valence-corrected chi connectivity index (χ0v) is 11.8. The first-order valence-electron chi connectivity index (χ1n) is 6.30. The maximum atomic E-state index is 11.6. The molecule has 110 valence electrons. The van der Waals surface area contributed by atoms with Crippen molar-refractivity contribution in [2.24, 2.45) is 0 Å². The quantitative estimate of drug-likeness (QED) is 0.675. The molecule has 1 fully saturated rings. The Morgan fingerprint density at radius 3 is 2.58 bits per heavy atom. The van der Waals surface area contributed by atoms with E-state index in [0.717, 1.165) is 0 Å². The van der Waals surface area contributed by atoms with E-state index in [9.17, 15) is 18.0 Å². The molecule has 1 rings (SSSR count). The molecule has 0 aromatic carbocycles. The van der Waals surface area contributed by atoms with Crippen molar-refractivity contribution in [3.8, 4) is 0 Å². The van der Waals surface area contributed by atoms with Gasteiger partial charge in [0, 0.05) is 32.0 Å². The smallest absolute Gasteiger partial charge is 0.303 e. The van der Waals surface area contributed by atoms with Gasteiger partial charge >= 0.3 is 5.97 Å². The average Bonchev–Trinajstić information content (AvgIpc) is 2.63. The molecular weight excluding hydrogens is 272 g/mol. The van der Waals surface area contributed by atoms with Crippen LogP contribution in [0.25, 0.3) is 0 Å². The Morgan fingerprint density at radius 1 is 1.37 bits per heavy atom. The van der Waals surface area contributed by atoms with Crippen LogP contribution in [0, 0.1) is 0 Å². The van der Waals surface area contributed by atoms with Crippen LogP contribution in [0.4, 0.5) is 0 Å². The molecule has 2 N–H and O–H groups in total. The van der Waals surface area contributed by atoms with E-state index in [2.05, 4.69) is 5.32 Å². The van der Waals surface area contributed by atoms with Gasteiger partial charge < -0.3 is 10.4 Å². The normalized spacial score (nSPS) is 20.1. The van der Waals surface area contributed by atoms with Crippen LogP contribution in [0.5, 0.6) is 0 Å². The van der Waals surface area contributed by atoms with E-state index >= 15 is 0 Å². The first-order chi connectivity index (χ1) is 8.81. The highest BCUT2D eigenvalue weighted by Crippen LogP contribution is 2.13. The lowest BCUT2D eigenvalue weighted by molar-refractivity contribution is -0.137. The van der Waals surface area contributed by atoms with Crippen molar-refractivity contribution in [1.29, 1.82) is 0 Å². The van der Waals surface area contributed by atoms with Gasteiger partial charge in [-0.15, -0.1) is 0 Å². The number of amides is 1. The molecule has 19 heavy (non-hydrogen) atoms. The van der Waals surface area contributed by atoms with E-state index in [4.69, 9.17) is 5.11 Å². The molecule has 0 radical (unpaired) electrons. The van der Waals surface area contributed by atoms with Crippen molar-refractivity contribution >= 4 is 21.9 Å². The number of carboxylic acids is 1. The Labute approximate surface area is 113 Å². The Kier molecular flexibility index (Phi) is 5.74. The minimum absolute atomic E-state index is 0.00194. The lowest BCUT2D eigenvalue weighted by Crippen LogP contribution is -2.36. The first kappa shape index (κ1) is 15.9. The predicted octanol–water partition coefficient (Wildman–Crippen LogP) is -0.218. The van der Waals surface area contributed by atoms with Gasteiger partial charge in [0.15, 0.2) is 0 Å². The number of hydrogen-bond acceptors (Lipinski definition) is 4. The van der Waals surface area contributed by atoms with Crippen LogP contribution in [0.2, 0.25) is 0 Å². The lowest BCUT2D eigenvalue weighted by Gasteiger charge is -2.16. The maximum absolute atomic E-state index is 11.6. The van der Waals surface area contributed by atoms with Gasteiger partial charge in [-0.1, -0.05) is 0 Å². The maximum Gasteiger partial charge on any atom is 0.303 e. The molecule has 0 aromatic heterocycles. The van der Waals surface area contributed by atoms with Gasteiger partial charge in [0.1, 0.15) is 0 Å². The Morgan fingerprint density at radius 2 is 2.05 bits per heavy atom. The van der Waals surface area contributed by atoms with Crippen molar-refractivity contribution < 1.29 is 23.1 Å². The zero-order chi connectivity index (χ0) is 14.5. The summed E-state index contributed by atoms with van der Waals surface area (Å²) >= 11 is 0. The van der Waals surface area contributed by atoms with Gasteiger partial charge in [0.05, 0.1) is 5.75 Å². The second-order valence-electron chi connectivity index (χ2n) is 4.72. The van der Waals surface area contributed by atoms with Crippen LogP contribution in [0.1, 0.15) is 32.6 Å². The van der Waals surface area contributed by atoms with E-state index < -0.39 is 16.0 Å². The summed E-state index contributed by atoms with van der Waals surface area (Å²) in [5.41, 5.74) is 0. The minimum Gasteiger partial charge on any atom is -0.481 e. The molecule has 7 nitrogen and oxygen atoms in total. The Bertz CT molecular complexity index is 434. The standard InChI is InChI=1S/C11H20N2O5S/c1-9(3-4-11(15)16)12-10(14)5-7-13-6-2-8-19(13,17)18/h9H,2-8H2,1H3,(H,12,14)(H,15,16). The number of nitrogens with one attached hydrogen (secondary N) is 1. The van der Waals surface area contributed by atoms with Crippen LogP contribution in [-0.2, 0) is 19.6 Å². The van der Waals surface area contributed by atoms with Crippen molar-refractivity contribution in [2.45, 2.75) is 38.6 Å². The topological polar surface area (TPSA) is 104 Å². The molecule has 0 bridgehead atoms.